The van der Waals surface area contributed by atoms with Crippen LogP contribution in [0.5, 0.6) is 0 Å². The maximum absolute atomic E-state index is 12.7. The molecule has 1 aliphatic rings. The zero-order chi connectivity index (χ0) is 24.7. The number of rotatable bonds is 6. The van der Waals surface area contributed by atoms with Crippen molar-refractivity contribution < 1.29 is 19.1 Å². The fourth-order valence-corrected chi connectivity index (χ4v) is 5.00. The number of hydrogen-bond acceptors (Lipinski definition) is 8. The number of anilines is 1. The Bertz CT molecular complexity index is 1160. The van der Waals surface area contributed by atoms with Gasteiger partial charge in [0, 0.05) is 5.56 Å². The van der Waals surface area contributed by atoms with Gasteiger partial charge in [-0.05, 0) is 30.3 Å². The molecular formula is C23H32N6O4Si. The van der Waals surface area contributed by atoms with E-state index in [-0.39, 0.29) is 17.6 Å². The molecule has 1 saturated heterocycles. The van der Waals surface area contributed by atoms with Crippen LogP contribution in [0, 0.1) is 0 Å². The largest absolute Gasteiger partial charge is 0.408 e. The Morgan fingerprint density at radius 2 is 1.94 bits per heavy atom. The molecule has 1 aromatic carbocycles. The minimum absolute atomic E-state index is 0.0391. The van der Waals surface area contributed by atoms with Gasteiger partial charge < -0.3 is 25.3 Å². The number of fused-ring (bicyclic) bond motifs is 1. The summed E-state index contributed by atoms with van der Waals surface area (Å²) in [4.78, 5) is 25.7. The van der Waals surface area contributed by atoms with Crippen molar-refractivity contribution in [2.24, 2.45) is 5.73 Å². The van der Waals surface area contributed by atoms with E-state index in [2.05, 4.69) is 54.1 Å². The topological polar surface area (TPSA) is 137 Å². The molecular weight excluding hydrogens is 452 g/mol. The van der Waals surface area contributed by atoms with Crippen LogP contribution in [0.15, 0.2) is 43.0 Å². The van der Waals surface area contributed by atoms with Crippen molar-refractivity contribution in [1.82, 2.24) is 19.5 Å². The normalized spacial score (nSPS) is 23.4. The first-order valence-electron chi connectivity index (χ1n) is 11.3. The fourth-order valence-electron chi connectivity index (χ4n) is 3.69. The average molecular weight is 485 g/mol. The molecule has 11 heteroatoms. The predicted octanol–water partition coefficient (Wildman–Crippen LogP) is 2.69. The van der Waals surface area contributed by atoms with Crippen LogP contribution in [0.2, 0.25) is 18.1 Å². The number of carbonyl (C=O) groups is 1. The molecule has 0 spiro atoms. The Labute approximate surface area is 199 Å². The molecule has 1 aliphatic heterocycles. The highest BCUT2D eigenvalue weighted by atomic mass is 28.4. The summed E-state index contributed by atoms with van der Waals surface area (Å²) in [5.74, 6) is -0.00533. The number of nitrogens with two attached hydrogens (primary N) is 1. The standard InChI is InChI=1S/C23H32N6O4Si/c1-23(2,3)34(4,5)33-18-16(24)15(11-30)32-22(18)29-13-27-17-19(25-12-26-20(17)29)28-21(31)14-9-7-6-8-10-14/h6-10,12-13,15-16,18,22,30H,11,24H2,1-5H3,(H,25,26,28,31)/t15-,16?,18?,22-/m1/s1. The van der Waals surface area contributed by atoms with Crippen molar-refractivity contribution in [3.63, 3.8) is 0 Å². The summed E-state index contributed by atoms with van der Waals surface area (Å²) in [6.07, 6.45) is 1.21. The summed E-state index contributed by atoms with van der Waals surface area (Å²) < 4.78 is 14.5. The van der Waals surface area contributed by atoms with E-state index in [1.807, 2.05) is 6.07 Å². The van der Waals surface area contributed by atoms with Crippen LogP contribution in [0.4, 0.5) is 5.82 Å². The fraction of sp³-hybridized carbons (Fsp3) is 0.478. The predicted molar refractivity (Wildman–Crippen MR) is 131 cm³/mol. The number of nitrogens with zero attached hydrogens (tertiary/aromatic N) is 4. The van der Waals surface area contributed by atoms with Gasteiger partial charge in [0.1, 0.15) is 18.5 Å². The number of hydrogen-bond donors (Lipinski definition) is 3. The maximum Gasteiger partial charge on any atom is 0.256 e. The molecule has 4 N–H and O–H groups in total. The van der Waals surface area contributed by atoms with E-state index in [4.69, 9.17) is 14.9 Å². The summed E-state index contributed by atoms with van der Waals surface area (Å²) in [6.45, 7) is 10.5. The maximum atomic E-state index is 12.7. The Balaban J connectivity index is 1.68. The molecule has 0 aliphatic carbocycles. The molecule has 34 heavy (non-hydrogen) atoms. The smallest absolute Gasteiger partial charge is 0.256 e. The molecule has 0 bridgehead atoms. The third-order valence-electron chi connectivity index (χ3n) is 6.72. The minimum Gasteiger partial charge on any atom is -0.408 e. The van der Waals surface area contributed by atoms with Crippen LogP contribution >= 0.6 is 0 Å². The van der Waals surface area contributed by atoms with Crippen LogP contribution < -0.4 is 11.1 Å². The van der Waals surface area contributed by atoms with Gasteiger partial charge in [-0.15, -0.1) is 0 Å². The third-order valence-corrected chi connectivity index (χ3v) is 11.2. The van der Waals surface area contributed by atoms with Crippen molar-refractivity contribution in [3.05, 3.63) is 48.5 Å². The monoisotopic (exact) mass is 484 g/mol. The number of nitrogens with one attached hydrogen (secondary N) is 1. The second kappa shape index (κ2) is 9.15. The molecule has 0 saturated carbocycles. The Morgan fingerprint density at radius 1 is 1.24 bits per heavy atom. The highest BCUT2D eigenvalue weighted by molar-refractivity contribution is 6.74. The first kappa shape index (κ1) is 24.4. The summed E-state index contributed by atoms with van der Waals surface area (Å²) in [6, 6.07) is 8.34. The van der Waals surface area contributed by atoms with Gasteiger partial charge in [-0.3, -0.25) is 9.36 Å². The SMILES string of the molecule is CC(C)(C)[Si](C)(C)OC1C(N)[C@@H](CO)O[C@H]1n1cnc2c(NC(=O)c3ccccc3)ncnc21. The lowest BCUT2D eigenvalue weighted by Crippen LogP contribution is -2.51. The number of carbonyl (C=O) groups excluding carboxylic acids is 1. The van der Waals surface area contributed by atoms with Gasteiger partial charge in [0.05, 0.1) is 19.0 Å². The summed E-state index contributed by atoms with van der Waals surface area (Å²) >= 11 is 0. The van der Waals surface area contributed by atoms with Crippen molar-refractivity contribution in [1.29, 1.82) is 0 Å². The number of amides is 1. The zero-order valence-electron chi connectivity index (χ0n) is 20.1. The second-order valence-electron chi connectivity index (χ2n) is 10.0. The summed E-state index contributed by atoms with van der Waals surface area (Å²) in [5, 5.41) is 12.6. The molecule has 182 valence electrons. The van der Waals surface area contributed by atoms with E-state index in [0.29, 0.717) is 22.5 Å². The van der Waals surface area contributed by atoms with Crippen molar-refractivity contribution in [2.75, 3.05) is 11.9 Å². The van der Waals surface area contributed by atoms with Crippen molar-refractivity contribution in [2.45, 2.75) is 63.4 Å². The zero-order valence-corrected chi connectivity index (χ0v) is 21.1. The van der Waals surface area contributed by atoms with Gasteiger partial charge in [-0.2, -0.15) is 0 Å². The molecule has 2 aromatic heterocycles. The van der Waals surface area contributed by atoms with E-state index in [9.17, 15) is 9.90 Å². The molecule has 0 radical (unpaired) electrons. The second-order valence-corrected chi connectivity index (χ2v) is 14.8. The van der Waals surface area contributed by atoms with Crippen LogP contribution in [-0.4, -0.2) is 63.7 Å². The molecule has 4 rings (SSSR count). The Morgan fingerprint density at radius 3 is 2.59 bits per heavy atom. The number of aliphatic hydroxyl groups is 1. The van der Waals surface area contributed by atoms with E-state index in [1.165, 1.54) is 6.33 Å². The van der Waals surface area contributed by atoms with E-state index in [0.717, 1.165) is 0 Å². The highest BCUT2D eigenvalue weighted by Crippen LogP contribution is 2.42. The molecule has 4 atom stereocenters. The van der Waals surface area contributed by atoms with Gasteiger partial charge in [0.15, 0.2) is 31.5 Å². The molecule has 3 heterocycles. The number of ether oxygens (including phenoxy) is 1. The summed E-state index contributed by atoms with van der Waals surface area (Å²) in [5.41, 5.74) is 7.87. The van der Waals surface area contributed by atoms with Crippen LogP contribution in [0.3, 0.4) is 0 Å². The third kappa shape index (κ3) is 4.49. The number of benzene rings is 1. The first-order chi connectivity index (χ1) is 16.0. The van der Waals surface area contributed by atoms with E-state index >= 15 is 0 Å². The van der Waals surface area contributed by atoms with Crippen molar-refractivity contribution in [3.8, 4) is 0 Å². The van der Waals surface area contributed by atoms with Gasteiger partial charge >= 0.3 is 0 Å². The molecule has 1 fully saturated rings. The van der Waals surface area contributed by atoms with Crippen LogP contribution in [0.25, 0.3) is 11.2 Å². The van der Waals surface area contributed by atoms with Gasteiger partial charge in [0.2, 0.25) is 0 Å². The molecule has 1 amide bonds. The molecule has 3 aromatic rings. The minimum atomic E-state index is -2.21. The highest BCUT2D eigenvalue weighted by Gasteiger charge is 2.49. The van der Waals surface area contributed by atoms with Crippen molar-refractivity contribution >= 4 is 31.2 Å². The van der Waals surface area contributed by atoms with E-state index < -0.39 is 32.8 Å². The quantitative estimate of drug-likeness (QED) is 0.454. The number of imidazole rings is 1. The lowest BCUT2D eigenvalue weighted by atomic mass is 10.1. The number of aliphatic hydroxyl groups excluding tert-OH is 1. The molecule has 10 nitrogen and oxygen atoms in total. The summed E-state index contributed by atoms with van der Waals surface area (Å²) in [7, 11) is -2.21. The van der Waals surface area contributed by atoms with Gasteiger partial charge in [-0.25, -0.2) is 15.0 Å². The lowest BCUT2D eigenvalue weighted by molar-refractivity contribution is -0.0462. The lowest BCUT2D eigenvalue weighted by Gasteiger charge is -2.40. The van der Waals surface area contributed by atoms with Gasteiger partial charge in [-0.1, -0.05) is 39.0 Å². The van der Waals surface area contributed by atoms with Crippen LogP contribution in [0.1, 0.15) is 37.4 Å². The molecule has 2 unspecified atom stereocenters. The average Bonchev–Trinajstić information content (AvgIpc) is 3.35. The Kier molecular flexibility index (Phi) is 6.58. The van der Waals surface area contributed by atoms with Crippen LogP contribution in [-0.2, 0) is 9.16 Å². The van der Waals surface area contributed by atoms with Gasteiger partial charge in [0.25, 0.3) is 5.91 Å². The Hall–Kier alpha value is -2.70. The van der Waals surface area contributed by atoms with E-state index in [1.54, 1.807) is 35.2 Å². The number of aromatic nitrogens is 4. The first-order valence-corrected chi connectivity index (χ1v) is 14.2.